The van der Waals surface area contributed by atoms with Crippen molar-refractivity contribution in [3.05, 3.63) is 66.6 Å². The van der Waals surface area contributed by atoms with Gasteiger partial charge in [0.15, 0.2) is 0 Å². The van der Waals surface area contributed by atoms with Crippen LogP contribution < -0.4 is 5.32 Å². The molecule has 1 aliphatic carbocycles. The summed E-state index contributed by atoms with van der Waals surface area (Å²) in [6.07, 6.45) is 12.3. The van der Waals surface area contributed by atoms with E-state index in [-0.39, 0.29) is 0 Å². The van der Waals surface area contributed by atoms with Crippen molar-refractivity contribution in [2.45, 2.75) is 51.1 Å². The van der Waals surface area contributed by atoms with Gasteiger partial charge in [0.2, 0.25) is 5.95 Å². The van der Waals surface area contributed by atoms with Gasteiger partial charge in [-0.25, -0.2) is 15.0 Å². The van der Waals surface area contributed by atoms with Gasteiger partial charge in [0.25, 0.3) is 0 Å². The number of hydrogen-bond donors (Lipinski definition) is 1. The molecule has 1 saturated carbocycles. The maximum absolute atomic E-state index is 4.95. The first-order chi connectivity index (χ1) is 16.2. The summed E-state index contributed by atoms with van der Waals surface area (Å²) >= 11 is 0. The zero-order valence-corrected chi connectivity index (χ0v) is 19.1. The summed E-state index contributed by atoms with van der Waals surface area (Å²) in [5.74, 6) is 0.720. The van der Waals surface area contributed by atoms with E-state index < -0.39 is 0 Å². The Morgan fingerprint density at radius 2 is 1.70 bits per heavy atom. The van der Waals surface area contributed by atoms with E-state index in [1.54, 1.807) is 0 Å². The third kappa shape index (κ3) is 4.00. The van der Waals surface area contributed by atoms with Crippen LogP contribution in [0.2, 0.25) is 0 Å². The molecule has 0 amide bonds. The van der Waals surface area contributed by atoms with Crippen molar-refractivity contribution >= 4 is 11.6 Å². The fourth-order valence-electron chi connectivity index (χ4n) is 5.20. The van der Waals surface area contributed by atoms with Crippen LogP contribution in [0.4, 0.5) is 5.95 Å². The highest BCUT2D eigenvalue weighted by molar-refractivity contribution is 5.69. The maximum atomic E-state index is 4.95. The van der Waals surface area contributed by atoms with Crippen LogP contribution in [-0.4, -0.2) is 49.4 Å². The van der Waals surface area contributed by atoms with Crippen LogP contribution in [0.25, 0.3) is 28.2 Å². The van der Waals surface area contributed by atoms with Crippen LogP contribution in [0.15, 0.2) is 61.1 Å². The quantitative estimate of drug-likeness (QED) is 0.464. The topological polar surface area (TPSA) is 58.4 Å². The molecule has 4 aromatic rings. The van der Waals surface area contributed by atoms with Crippen molar-refractivity contribution < 1.29 is 0 Å². The van der Waals surface area contributed by atoms with E-state index >= 15 is 0 Å². The number of aryl methyl sites for hydroxylation is 1. The molecule has 6 heteroatoms. The van der Waals surface area contributed by atoms with Crippen LogP contribution in [-0.2, 0) is 0 Å². The number of aromatic nitrogens is 4. The molecule has 4 heterocycles. The second-order valence-electron chi connectivity index (χ2n) is 9.42. The van der Waals surface area contributed by atoms with Gasteiger partial charge in [-0.15, -0.1) is 0 Å². The van der Waals surface area contributed by atoms with Gasteiger partial charge in [0, 0.05) is 24.5 Å². The lowest BCUT2D eigenvalue weighted by molar-refractivity contribution is 0.0888. The van der Waals surface area contributed by atoms with E-state index in [2.05, 4.69) is 74.1 Å². The molecular formula is C27H30N6. The molecule has 0 radical (unpaired) electrons. The monoisotopic (exact) mass is 438 g/mol. The van der Waals surface area contributed by atoms with Crippen LogP contribution in [0.5, 0.6) is 0 Å². The lowest BCUT2D eigenvalue weighted by Crippen LogP contribution is -2.47. The SMILES string of the molecule is Cc1cnc(NC2CCC(N3CCC3)CC2)nc1-c1cnc2ccc(-c3ccccc3)cn12. The predicted octanol–water partition coefficient (Wildman–Crippen LogP) is 5.20. The third-order valence-corrected chi connectivity index (χ3v) is 7.26. The van der Waals surface area contributed by atoms with Crippen molar-refractivity contribution in [3.63, 3.8) is 0 Å². The van der Waals surface area contributed by atoms with Gasteiger partial charge in [-0.2, -0.15) is 0 Å². The molecule has 0 atom stereocenters. The fraction of sp³-hybridized carbons (Fsp3) is 0.370. The Labute approximate surface area is 194 Å². The van der Waals surface area contributed by atoms with Crippen molar-refractivity contribution in [1.29, 1.82) is 0 Å². The second-order valence-corrected chi connectivity index (χ2v) is 9.42. The fourth-order valence-corrected chi connectivity index (χ4v) is 5.20. The molecule has 1 aromatic carbocycles. The van der Waals surface area contributed by atoms with Gasteiger partial charge in [-0.1, -0.05) is 30.3 Å². The molecule has 2 aliphatic rings. The zero-order valence-electron chi connectivity index (χ0n) is 19.1. The number of nitrogens with zero attached hydrogens (tertiary/aromatic N) is 5. The molecule has 2 fully saturated rings. The number of pyridine rings is 1. The molecule has 6 rings (SSSR count). The summed E-state index contributed by atoms with van der Waals surface area (Å²) in [5, 5.41) is 3.62. The summed E-state index contributed by atoms with van der Waals surface area (Å²) in [6, 6.07) is 15.9. The molecule has 6 nitrogen and oxygen atoms in total. The lowest BCUT2D eigenvalue weighted by atomic mass is 9.89. The Kier molecular flexibility index (Phi) is 5.30. The van der Waals surface area contributed by atoms with Crippen molar-refractivity contribution in [2.24, 2.45) is 0 Å². The van der Waals surface area contributed by atoms with Crippen molar-refractivity contribution in [1.82, 2.24) is 24.3 Å². The predicted molar refractivity (Wildman–Crippen MR) is 132 cm³/mol. The summed E-state index contributed by atoms with van der Waals surface area (Å²) in [5.41, 5.74) is 6.24. The molecule has 0 spiro atoms. The maximum Gasteiger partial charge on any atom is 0.223 e. The summed E-state index contributed by atoms with van der Waals surface area (Å²) < 4.78 is 2.14. The largest absolute Gasteiger partial charge is 0.351 e. The number of nitrogens with one attached hydrogen (secondary N) is 1. The first-order valence-electron chi connectivity index (χ1n) is 12.1. The average molecular weight is 439 g/mol. The van der Waals surface area contributed by atoms with Gasteiger partial charge in [-0.3, -0.25) is 4.40 Å². The Balaban J connectivity index is 1.26. The smallest absolute Gasteiger partial charge is 0.223 e. The highest BCUT2D eigenvalue weighted by Gasteiger charge is 2.29. The van der Waals surface area contributed by atoms with Crippen molar-refractivity contribution in [2.75, 3.05) is 18.4 Å². The number of fused-ring (bicyclic) bond motifs is 1. The molecule has 33 heavy (non-hydrogen) atoms. The Morgan fingerprint density at radius 1 is 0.879 bits per heavy atom. The molecule has 0 unspecified atom stereocenters. The zero-order chi connectivity index (χ0) is 22.2. The molecule has 0 bridgehead atoms. The number of rotatable bonds is 5. The van der Waals surface area contributed by atoms with Crippen LogP contribution in [0.3, 0.4) is 0 Å². The third-order valence-electron chi connectivity index (χ3n) is 7.26. The Bertz CT molecular complexity index is 1250. The Hall–Kier alpha value is -3.25. The molecule has 1 saturated heterocycles. The number of benzene rings is 1. The summed E-state index contributed by atoms with van der Waals surface area (Å²) in [7, 11) is 0. The molecule has 1 N–H and O–H groups in total. The number of anilines is 1. The standard InChI is InChI=1S/C27H30N6/c1-19-16-29-27(30-22-9-11-23(12-10-22)32-14-5-15-32)31-26(19)24-17-28-25-13-8-21(18-33(24)25)20-6-3-2-4-7-20/h2-4,6-8,13,16-18,22-23H,5,9-12,14-15H2,1H3,(H,29,30,31). The minimum Gasteiger partial charge on any atom is -0.351 e. The highest BCUT2D eigenvalue weighted by Crippen LogP contribution is 2.29. The van der Waals surface area contributed by atoms with Crippen LogP contribution in [0.1, 0.15) is 37.7 Å². The average Bonchev–Trinajstić information content (AvgIpc) is 3.24. The first kappa shape index (κ1) is 20.4. The van der Waals surface area contributed by atoms with Gasteiger partial charge >= 0.3 is 0 Å². The number of hydrogen-bond acceptors (Lipinski definition) is 5. The van der Waals surface area contributed by atoms with Gasteiger partial charge in [0.05, 0.1) is 17.6 Å². The lowest BCUT2D eigenvalue weighted by Gasteiger charge is -2.42. The van der Waals surface area contributed by atoms with Gasteiger partial charge < -0.3 is 10.2 Å². The number of imidazole rings is 1. The molecular weight excluding hydrogens is 408 g/mol. The minimum absolute atomic E-state index is 0.449. The first-order valence-corrected chi connectivity index (χ1v) is 12.1. The number of likely N-dealkylation sites (tertiary alicyclic amines) is 1. The van der Waals surface area contributed by atoms with E-state index in [9.17, 15) is 0 Å². The van der Waals surface area contributed by atoms with E-state index in [1.165, 1.54) is 50.8 Å². The normalized spacial score (nSPS) is 21.1. The van der Waals surface area contributed by atoms with Crippen LogP contribution in [0, 0.1) is 6.92 Å². The van der Waals surface area contributed by atoms with Gasteiger partial charge in [-0.05, 0) is 80.9 Å². The van der Waals surface area contributed by atoms with E-state index in [0.29, 0.717) is 6.04 Å². The molecule has 168 valence electrons. The summed E-state index contributed by atoms with van der Waals surface area (Å²) in [6.45, 7) is 4.65. The van der Waals surface area contributed by atoms with Crippen LogP contribution >= 0.6 is 0 Å². The second kappa shape index (κ2) is 8.60. The summed E-state index contributed by atoms with van der Waals surface area (Å²) in [4.78, 5) is 16.8. The minimum atomic E-state index is 0.449. The van der Waals surface area contributed by atoms with E-state index in [4.69, 9.17) is 4.98 Å². The Morgan fingerprint density at radius 3 is 2.45 bits per heavy atom. The highest BCUT2D eigenvalue weighted by atomic mass is 15.2. The van der Waals surface area contributed by atoms with Crippen molar-refractivity contribution in [3.8, 4) is 22.5 Å². The molecule has 1 aliphatic heterocycles. The molecule has 3 aromatic heterocycles. The van der Waals surface area contributed by atoms with E-state index in [0.717, 1.165) is 40.2 Å². The van der Waals surface area contributed by atoms with Gasteiger partial charge in [0.1, 0.15) is 5.65 Å². The van der Waals surface area contributed by atoms with E-state index in [1.807, 2.05) is 18.5 Å².